The van der Waals surface area contributed by atoms with Crippen LogP contribution in [0.25, 0.3) is 39.0 Å². The van der Waals surface area contributed by atoms with E-state index in [1.165, 1.54) is 18.4 Å². The van der Waals surface area contributed by atoms with Crippen molar-refractivity contribution in [1.82, 2.24) is 19.6 Å². The predicted octanol–water partition coefficient (Wildman–Crippen LogP) is 3.84. The van der Waals surface area contributed by atoms with E-state index in [1.54, 1.807) is 10.5 Å². The molecular weight excluding hydrogens is 359 g/mol. The Morgan fingerprint density at radius 3 is 2.85 bits per heavy atom. The van der Waals surface area contributed by atoms with Gasteiger partial charge in [0.15, 0.2) is 16.6 Å². The molecule has 0 spiro atoms. The summed E-state index contributed by atoms with van der Waals surface area (Å²) in [4.78, 5) is 17.2. The van der Waals surface area contributed by atoms with Crippen molar-refractivity contribution in [3.63, 3.8) is 0 Å². The van der Waals surface area contributed by atoms with E-state index in [9.17, 15) is 9.18 Å². The summed E-state index contributed by atoms with van der Waals surface area (Å²) in [5.74, 6) is -0.272. The summed E-state index contributed by atoms with van der Waals surface area (Å²) in [6.07, 6.45) is 1.29. The topological polar surface area (TPSA) is 73.3 Å². The van der Waals surface area contributed by atoms with Crippen LogP contribution in [0.3, 0.4) is 0 Å². The van der Waals surface area contributed by atoms with Crippen molar-refractivity contribution in [3.05, 3.63) is 69.9 Å². The highest BCUT2D eigenvalue weighted by molar-refractivity contribution is 6.32. The molecule has 0 aliphatic heterocycles. The van der Waals surface area contributed by atoms with Gasteiger partial charge in [0, 0.05) is 0 Å². The first-order chi connectivity index (χ1) is 12.6. The molecule has 26 heavy (non-hydrogen) atoms. The zero-order chi connectivity index (χ0) is 17.8. The van der Waals surface area contributed by atoms with Gasteiger partial charge in [-0.15, -0.1) is 10.2 Å². The van der Waals surface area contributed by atoms with Crippen molar-refractivity contribution in [2.24, 2.45) is 0 Å². The highest BCUT2D eigenvalue weighted by Gasteiger charge is 2.19. The minimum atomic E-state index is -0.522. The summed E-state index contributed by atoms with van der Waals surface area (Å²) in [7, 11) is 0. The molecular formula is C18H8ClFN4O2. The molecule has 126 valence electrons. The molecule has 0 N–H and O–H groups in total. The second kappa shape index (κ2) is 5.34. The zero-order valence-corrected chi connectivity index (χ0v) is 13.7. The molecule has 0 fully saturated rings. The van der Waals surface area contributed by atoms with Crippen LogP contribution in [0.2, 0.25) is 5.15 Å². The number of aromatic nitrogens is 4. The number of nitrogens with zero attached hydrogens (tertiary/aromatic N) is 4. The van der Waals surface area contributed by atoms with Gasteiger partial charge in [-0.05, 0) is 30.3 Å². The first-order valence-electron chi connectivity index (χ1n) is 7.64. The van der Waals surface area contributed by atoms with Crippen molar-refractivity contribution < 1.29 is 8.81 Å². The third-order valence-corrected chi connectivity index (χ3v) is 4.42. The predicted molar refractivity (Wildman–Crippen MR) is 94.7 cm³/mol. The molecule has 5 aromatic rings. The molecule has 6 nitrogen and oxygen atoms in total. The molecule has 0 aliphatic rings. The maximum absolute atomic E-state index is 13.6. The maximum Gasteiger partial charge on any atom is 0.203 e. The van der Waals surface area contributed by atoms with Crippen molar-refractivity contribution in [1.29, 1.82) is 0 Å². The monoisotopic (exact) mass is 366 g/mol. The molecule has 0 unspecified atom stereocenters. The van der Waals surface area contributed by atoms with E-state index in [0.717, 1.165) is 6.07 Å². The summed E-state index contributed by atoms with van der Waals surface area (Å²) >= 11 is 6.21. The normalized spacial score (nSPS) is 11.6. The summed E-state index contributed by atoms with van der Waals surface area (Å²) < 4.78 is 20.7. The number of para-hydroxylation sites is 2. The average molecular weight is 367 g/mol. The molecule has 5 rings (SSSR count). The second-order valence-electron chi connectivity index (χ2n) is 5.69. The van der Waals surface area contributed by atoms with Gasteiger partial charge in [-0.25, -0.2) is 9.37 Å². The standard InChI is InChI=1S/C18H8ClFN4O2/c19-16-18-23-22-17(24(18)13-4-2-1-3-12(13)21-16)11-8-26-14-6-5-9(20)7-10(14)15(11)25/h1-8H. The minimum Gasteiger partial charge on any atom is -0.463 e. The van der Waals surface area contributed by atoms with Gasteiger partial charge in [-0.3, -0.25) is 9.20 Å². The van der Waals surface area contributed by atoms with E-state index in [-0.39, 0.29) is 21.9 Å². The van der Waals surface area contributed by atoms with Crippen LogP contribution in [0.15, 0.2) is 57.9 Å². The smallest absolute Gasteiger partial charge is 0.203 e. The van der Waals surface area contributed by atoms with Gasteiger partial charge < -0.3 is 4.42 Å². The van der Waals surface area contributed by atoms with Crippen molar-refractivity contribution in [3.8, 4) is 11.4 Å². The van der Waals surface area contributed by atoms with Crippen molar-refractivity contribution in [2.45, 2.75) is 0 Å². The fraction of sp³-hybridized carbons (Fsp3) is 0. The van der Waals surface area contributed by atoms with E-state index < -0.39 is 11.2 Å². The van der Waals surface area contributed by atoms with Crippen LogP contribution in [0.1, 0.15) is 0 Å². The lowest BCUT2D eigenvalue weighted by Crippen LogP contribution is -2.08. The van der Waals surface area contributed by atoms with Crippen LogP contribution >= 0.6 is 11.6 Å². The maximum atomic E-state index is 13.6. The quantitative estimate of drug-likeness (QED) is 0.450. The Hall–Kier alpha value is -3.32. The van der Waals surface area contributed by atoms with Crippen LogP contribution in [-0.2, 0) is 0 Å². The Morgan fingerprint density at radius 1 is 1.12 bits per heavy atom. The van der Waals surface area contributed by atoms with Crippen LogP contribution < -0.4 is 5.43 Å². The van der Waals surface area contributed by atoms with Gasteiger partial charge in [0.05, 0.1) is 16.4 Å². The molecule has 2 aromatic carbocycles. The average Bonchev–Trinajstić information content (AvgIpc) is 3.08. The molecule has 3 aromatic heterocycles. The summed E-state index contributed by atoms with van der Waals surface area (Å²) in [6.45, 7) is 0. The zero-order valence-electron chi connectivity index (χ0n) is 13.0. The number of hydrogen-bond acceptors (Lipinski definition) is 5. The van der Waals surface area contributed by atoms with Crippen LogP contribution in [0, 0.1) is 5.82 Å². The molecule has 0 saturated heterocycles. The molecule has 0 saturated carbocycles. The fourth-order valence-corrected chi connectivity index (χ4v) is 3.20. The first-order valence-corrected chi connectivity index (χ1v) is 8.02. The lowest BCUT2D eigenvalue weighted by molar-refractivity contribution is 0.597. The molecule has 8 heteroatoms. The number of benzene rings is 2. The van der Waals surface area contributed by atoms with E-state index in [1.807, 2.05) is 18.2 Å². The van der Waals surface area contributed by atoms with Crippen molar-refractivity contribution >= 4 is 39.3 Å². The molecule has 0 atom stereocenters. The van der Waals surface area contributed by atoms with Crippen LogP contribution in [0.5, 0.6) is 0 Å². The molecule has 0 amide bonds. The summed E-state index contributed by atoms with van der Waals surface area (Å²) in [5, 5.41) is 8.44. The Kier molecular flexibility index (Phi) is 3.07. The lowest BCUT2D eigenvalue weighted by Gasteiger charge is -2.05. The molecule has 0 bridgehead atoms. The van der Waals surface area contributed by atoms with Crippen LogP contribution in [-0.4, -0.2) is 19.6 Å². The lowest BCUT2D eigenvalue weighted by atomic mass is 10.1. The number of halogens is 2. The van der Waals surface area contributed by atoms with Gasteiger partial charge in [-0.1, -0.05) is 23.7 Å². The highest BCUT2D eigenvalue weighted by Crippen LogP contribution is 2.26. The fourth-order valence-electron chi connectivity index (χ4n) is 2.98. The first kappa shape index (κ1) is 15.0. The Bertz CT molecular complexity index is 1390. The van der Waals surface area contributed by atoms with E-state index in [4.69, 9.17) is 16.0 Å². The van der Waals surface area contributed by atoms with Gasteiger partial charge in [0.2, 0.25) is 5.43 Å². The third kappa shape index (κ3) is 2.04. The number of rotatable bonds is 1. The van der Waals surface area contributed by atoms with Gasteiger partial charge in [-0.2, -0.15) is 0 Å². The summed E-state index contributed by atoms with van der Waals surface area (Å²) in [5.41, 5.74) is 1.67. The number of hydrogen-bond donors (Lipinski definition) is 0. The SMILES string of the molecule is O=c1c(-c2nnc3c(Cl)nc4ccccc4n23)coc2ccc(F)cc12. The Labute approximate surface area is 149 Å². The second-order valence-corrected chi connectivity index (χ2v) is 6.05. The van der Waals surface area contributed by atoms with E-state index >= 15 is 0 Å². The number of fused-ring (bicyclic) bond motifs is 4. The third-order valence-electron chi connectivity index (χ3n) is 4.16. The van der Waals surface area contributed by atoms with E-state index in [2.05, 4.69) is 15.2 Å². The summed E-state index contributed by atoms with van der Waals surface area (Å²) in [6, 6.07) is 11.1. The van der Waals surface area contributed by atoms with Gasteiger partial charge in [0.25, 0.3) is 0 Å². The minimum absolute atomic E-state index is 0.128. The molecule has 3 heterocycles. The van der Waals surface area contributed by atoms with Gasteiger partial charge in [0.1, 0.15) is 23.2 Å². The van der Waals surface area contributed by atoms with Crippen LogP contribution in [0.4, 0.5) is 4.39 Å². The van der Waals surface area contributed by atoms with Crippen molar-refractivity contribution in [2.75, 3.05) is 0 Å². The Morgan fingerprint density at radius 2 is 1.96 bits per heavy atom. The highest BCUT2D eigenvalue weighted by atomic mass is 35.5. The van der Waals surface area contributed by atoms with Gasteiger partial charge >= 0.3 is 0 Å². The molecule has 0 radical (unpaired) electrons. The Balaban J connectivity index is 1.93. The van der Waals surface area contributed by atoms with E-state index in [0.29, 0.717) is 22.3 Å². The largest absolute Gasteiger partial charge is 0.463 e. The molecule has 0 aliphatic carbocycles.